The Balaban J connectivity index is 3.09. The molecule has 0 spiro atoms. The zero-order valence-corrected chi connectivity index (χ0v) is 6.95. The van der Waals surface area contributed by atoms with E-state index in [0.717, 1.165) is 25.5 Å². The van der Waals surface area contributed by atoms with Crippen molar-refractivity contribution in [1.29, 1.82) is 0 Å². The van der Waals surface area contributed by atoms with Crippen molar-refractivity contribution in [3.8, 4) is 0 Å². The highest BCUT2D eigenvalue weighted by atomic mass is 35.5. The average Bonchev–Trinajstić information content (AvgIpc) is 1.91. The van der Waals surface area contributed by atoms with Crippen molar-refractivity contribution >= 4 is 11.6 Å². The van der Waals surface area contributed by atoms with Crippen LogP contribution in [0.25, 0.3) is 0 Å². The topological polar surface area (TPSA) is 9.23 Å². The maximum absolute atomic E-state index is 5.62. The Hall–Kier alpha value is 0.250. The lowest BCUT2D eigenvalue weighted by Gasteiger charge is -2.09. The highest BCUT2D eigenvalue weighted by molar-refractivity contribution is 6.18. The second-order valence-electron chi connectivity index (χ2n) is 2.09. The molecule has 0 radical (unpaired) electrons. The van der Waals surface area contributed by atoms with Gasteiger partial charge in [-0.05, 0) is 19.3 Å². The molecule has 1 atom stereocenters. The Bertz CT molecular complexity index is 52.9. The van der Waals surface area contributed by atoms with E-state index in [0.29, 0.717) is 5.92 Å². The molecule has 2 heteroatoms. The summed E-state index contributed by atoms with van der Waals surface area (Å²) in [5.74, 6) is 1.27. The first-order valence-electron chi connectivity index (χ1n) is 3.48. The number of ether oxygens (including phenoxy) is 1. The fraction of sp³-hybridized carbons (Fsp3) is 1.00. The molecule has 0 saturated heterocycles. The van der Waals surface area contributed by atoms with E-state index in [1.54, 1.807) is 0 Å². The van der Waals surface area contributed by atoms with E-state index in [-0.39, 0.29) is 0 Å². The van der Waals surface area contributed by atoms with Crippen LogP contribution in [0, 0.1) is 5.92 Å². The van der Waals surface area contributed by atoms with Gasteiger partial charge in [-0.2, -0.15) is 0 Å². The highest BCUT2D eigenvalue weighted by Gasteiger charge is 2.02. The van der Waals surface area contributed by atoms with Gasteiger partial charge in [0.1, 0.15) is 0 Å². The highest BCUT2D eigenvalue weighted by Crippen LogP contribution is 2.04. The first kappa shape index (κ1) is 9.25. The van der Waals surface area contributed by atoms with Crippen LogP contribution < -0.4 is 0 Å². The maximum Gasteiger partial charge on any atom is 0.0505 e. The first-order chi connectivity index (χ1) is 4.35. The third-order valence-electron chi connectivity index (χ3n) is 1.35. The SMILES string of the molecule is CCOCC(CC)CCl. The summed E-state index contributed by atoms with van der Waals surface area (Å²) in [5, 5.41) is 0. The van der Waals surface area contributed by atoms with Gasteiger partial charge in [0.05, 0.1) is 6.61 Å². The molecule has 0 amide bonds. The molecule has 0 aromatic carbocycles. The molecule has 9 heavy (non-hydrogen) atoms. The van der Waals surface area contributed by atoms with Crippen LogP contribution in [0.15, 0.2) is 0 Å². The van der Waals surface area contributed by atoms with Crippen molar-refractivity contribution in [2.75, 3.05) is 19.1 Å². The van der Waals surface area contributed by atoms with Crippen LogP contribution in [0.4, 0.5) is 0 Å². The minimum absolute atomic E-state index is 0.548. The van der Waals surface area contributed by atoms with Gasteiger partial charge in [-0.1, -0.05) is 6.92 Å². The predicted octanol–water partition coefficient (Wildman–Crippen LogP) is 2.29. The van der Waals surface area contributed by atoms with Crippen molar-refractivity contribution in [3.05, 3.63) is 0 Å². The number of alkyl halides is 1. The summed E-state index contributed by atoms with van der Waals surface area (Å²) in [5.41, 5.74) is 0. The Kier molecular flexibility index (Phi) is 6.55. The summed E-state index contributed by atoms with van der Waals surface area (Å²) < 4.78 is 5.19. The van der Waals surface area contributed by atoms with Crippen LogP contribution in [0.3, 0.4) is 0 Å². The van der Waals surface area contributed by atoms with Crippen molar-refractivity contribution in [3.63, 3.8) is 0 Å². The average molecular weight is 151 g/mol. The smallest absolute Gasteiger partial charge is 0.0505 e. The zero-order valence-electron chi connectivity index (χ0n) is 6.19. The molecule has 0 rings (SSSR count). The van der Waals surface area contributed by atoms with E-state index in [9.17, 15) is 0 Å². The number of hydrogen-bond donors (Lipinski definition) is 0. The molecular formula is C7H15ClO. The normalized spacial score (nSPS) is 13.7. The Morgan fingerprint density at radius 2 is 2.11 bits per heavy atom. The molecule has 0 aliphatic carbocycles. The molecule has 0 aromatic rings. The summed E-state index contributed by atoms with van der Waals surface area (Å²) in [6, 6.07) is 0. The largest absolute Gasteiger partial charge is 0.381 e. The molecule has 1 nitrogen and oxygen atoms in total. The second kappa shape index (κ2) is 6.37. The lowest BCUT2D eigenvalue weighted by Crippen LogP contribution is -2.09. The van der Waals surface area contributed by atoms with Gasteiger partial charge in [-0.3, -0.25) is 0 Å². The molecule has 1 unspecified atom stereocenters. The first-order valence-corrected chi connectivity index (χ1v) is 4.02. The predicted molar refractivity (Wildman–Crippen MR) is 41.0 cm³/mol. The summed E-state index contributed by atoms with van der Waals surface area (Å²) >= 11 is 5.62. The molecule has 0 aromatic heterocycles. The Morgan fingerprint density at radius 1 is 1.44 bits per heavy atom. The van der Waals surface area contributed by atoms with E-state index in [4.69, 9.17) is 16.3 Å². The van der Waals surface area contributed by atoms with Crippen LogP contribution in [0.2, 0.25) is 0 Å². The van der Waals surface area contributed by atoms with Gasteiger partial charge in [-0.25, -0.2) is 0 Å². The fourth-order valence-electron chi connectivity index (χ4n) is 0.556. The van der Waals surface area contributed by atoms with Crippen LogP contribution >= 0.6 is 11.6 Å². The van der Waals surface area contributed by atoms with Crippen LogP contribution in [-0.4, -0.2) is 19.1 Å². The molecule has 0 heterocycles. The summed E-state index contributed by atoms with van der Waals surface area (Å²) in [4.78, 5) is 0. The van der Waals surface area contributed by atoms with E-state index in [1.165, 1.54) is 0 Å². The third kappa shape index (κ3) is 4.73. The molecule has 0 aliphatic rings. The molecule has 0 aliphatic heterocycles. The lowest BCUT2D eigenvalue weighted by molar-refractivity contribution is 0.116. The quantitative estimate of drug-likeness (QED) is 0.547. The second-order valence-corrected chi connectivity index (χ2v) is 2.40. The van der Waals surface area contributed by atoms with Gasteiger partial charge in [0.25, 0.3) is 0 Å². The van der Waals surface area contributed by atoms with E-state index in [1.807, 2.05) is 6.92 Å². The summed E-state index contributed by atoms with van der Waals surface area (Å²) in [7, 11) is 0. The minimum Gasteiger partial charge on any atom is -0.381 e. The molecular weight excluding hydrogens is 136 g/mol. The van der Waals surface area contributed by atoms with Crippen molar-refractivity contribution in [2.24, 2.45) is 5.92 Å². The third-order valence-corrected chi connectivity index (χ3v) is 1.79. The number of rotatable bonds is 5. The van der Waals surface area contributed by atoms with E-state index >= 15 is 0 Å². The molecule has 0 fully saturated rings. The van der Waals surface area contributed by atoms with Crippen LogP contribution in [-0.2, 0) is 4.74 Å². The van der Waals surface area contributed by atoms with E-state index in [2.05, 4.69) is 6.92 Å². The molecule has 0 N–H and O–H groups in total. The number of hydrogen-bond acceptors (Lipinski definition) is 1. The summed E-state index contributed by atoms with van der Waals surface area (Å²) in [6.07, 6.45) is 1.11. The maximum atomic E-state index is 5.62. The van der Waals surface area contributed by atoms with Gasteiger partial charge < -0.3 is 4.74 Å². The fourth-order valence-corrected chi connectivity index (χ4v) is 0.863. The standard InChI is InChI=1S/C7H15ClO/c1-3-7(5-8)6-9-4-2/h7H,3-6H2,1-2H3. The Labute approximate surface area is 62.3 Å². The van der Waals surface area contributed by atoms with Gasteiger partial charge in [0.2, 0.25) is 0 Å². The molecule has 0 saturated carbocycles. The molecule has 0 bridgehead atoms. The minimum atomic E-state index is 0.548. The van der Waals surface area contributed by atoms with Crippen molar-refractivity contribution < 1.29 is 4.74 Å². The van der Waals surface area contributed by atoms with Gasteiger partial charge >= 0.3 is 0 Å². The monoisotopic (exact) mass is 150 g/mol. The zero-order chi connectivity index (χ0) is 7.11. The van der Waals surface area contributed by atoms with Crippen molar-refractivity contribution in [2.45, 2.75) is 20.3 Å². The van der Waals surface area contributed by atoms with Crippen molar-refractivity contribution in [1.82, 2.24) is 0 Å². The van der Waals surface area contributed by atoms with Gasteiger partial charge in [0.15, 0.2) is 0 Å². The Morgan fingerprint density at radius 3 is 2.44 bits per heavy atom. The number of halogens is 1. The van der Waals surface area contributed by atoms with Crippen LogP contribution in [0.5, 0.6) is 0 Å². The summed E-state index contributed by atoms with van der Waals surface area (Å²) in [6.45, 7) is 5.75. The molecule has 56 valence electrons. The van der Waals surface area contributed by atoms with E-state index < -0.39 is 0 Å². The van der Waals surface area contributed by atoms with Crippen LogP contribution in [0.1, 0.15) is 20.3 Å². The van der Waals surface area contributed by atoms with Gasteiger partial charge in [0, 0.05) is 12.5 Å². The van der Waals surface area contributed by atoms with Gasteiger partial charge in [-0.15, -0.1) is 11.6 Å². The lowest BCUT2D eigenvalue weighted by atomic mass is 10.1.